The van der Waals surface area contributed by atoms with E-state index in [0.29, 0.717) is 0 Å². The predicted octanol–water partition coefficient (Wildman–Crippen LogP) is 2.11. The zero-order chi connectivity index (χ0) is 14.1. The second-order valence-corrected chi connectivity index (χ2v) is 6.23. The SMILES string of the molecule is O=S1(=O)C=CC(NCc2ccccc2C(F)(F)F)C1. The Balaban J connectivity index is 2.07. The van der Waals surface area contributed by atoms with Gasteiger partial charge in [-0.15, -0.1) is 0 Å². The third-order valence-electron chi connectivity index (χ3n) is 2.81. The summed E-state index contributed by atoms with van der Waals surface area (Å²) in [6.07, 6.45) is -2.96. The lowest BCUT2D eigenvalue weighted by Crippen LogP contribution is -2.30. The van der Waals surface area contributed by atoms with Gasteiger partial charge in [-0.25, -0.2) is 8.42 Å². The van der Waals surface area contributed by atoms with Crippen LogP contribution in [0.1, 0.15) is 11.1 Å². The highest BCUT2D eigenvalue weighted by Crippen LogP contribution is 2.31. The van der Waals surface area contributed by atoms with Crippen LogP contribution in [0.25, 0.3) is 0 Å². The number of nitrogens with one attached hydrogen (secondary N) is 1. The Hall–Kier alpha value is -1.34. The van der Waals surface area contributed by atoms with E-state index in [1.54, 1.807) is 0 Å². The number of alkyl halides is 3. The van der Waals surface area contributed by atoms with Gasteiger partial charge >= 0.3 is 6.18 Å². The number of benzene rings is 1. The maximum absolute atomic E-state index is 12.7. The van der Waals surface area contributed by atoms with Crippen LogP contribution in [0.5, 0.6) is 0 Å². The average molecular weight is 291 g/mol. The Labute approximate surface area is 109 Å². The van der Waals surface area contributed by atoms with Gasteiger partial charge in [0, 0.05) is 18.0 Å². The van der Waals surface area contributed by atoms with Crippen LogP contribution in [0.4, 0.5) is 13.2 Å². The fourth-order valence-electron chi connectivity index (χ4n) is 1.89. The molecule has 1 heterocycles. The molecule has 0 amide bonds. The third-order valence-corrected chi connectivity index (χ3v) is 4.20. The summed E-state index contributed by atoms with van der Waals surface area (Å²) in [5.41, 5.74) is -0.597. The molecule has 1 unspecified atom stereocenters. The van der Waals surface area contributed by atoms with Gasteiger partial charge in [0.25, 0.3) is 0 Å². The van der Waals surface area contributed by atoms with Gasteiger partial charge in [0.05, 0.1) is 11.3 Å². The van der Waals surface area contributed by atoms with Gasteiger partial charge in [-0.05, 0) is 11.6 Å². The van der Waals surface area contributed by atoms with E-state index in [2.05, 4.69) is 5.32 Å². The molecule has 1 N–H and O–H groups in total. The van der Waals surface area contributed by atoms with Crippen LogP contribution < -0.4 is 5.32 Å². The normalized spacial score (nSPS) is 21.7. The van der Waals surface area contributed by atoms with Crippen LogP contribution in [-0.4, -0.2) is 20.2 Å². The van der Waals surface area contributed by atoms with Crippen LogP contribution in [0, 0.1) is 0 Å². The maximum Gasteiger partial charge on any atom is 0.416 e. The Morgan fingerprint density at radius 3 is 2.53 bits per heavy atom. The topological polar surface area (TPSA) is 46.2 Å². The summed E-state index contributed by atoms with van der Waals surface area (Å²) in [7, 11) is -3.20. The zero-order valence-electron chi connectivity index (χ0n) is 9.81. The number of halogens is 3. The minimum absolute atomic E-state index is 0.0276. The molecule has 19 heavy (non-hydrogen) atoms. The Kier molecular flexibility index (Phi) is 3.69. The summed E-state index contributed by atoms with van der Waals surface area (Å²) in [4.78, 5) is 0. The van der Waals surface area contributed by atoms with Crippen molar-refractivity contribution in [2.75, 3.05) is 5.75 Å². The first kappa shape index (κ1) is 14.1. The Bertz CT molecular complexity index is 593. The van der Waals surface area contributed by atoms with Crippen molar-refractivity contribution in [1.29, 1.82) is 0 Å². The van der Waals surface area contributed by atoms with Crippen LogP contribution >= 0.6 is 0 Å². The average Bonchev–Trinajstić information content (AvgIpc) is 2.66. The van der Waals surface area contributed by atoms with Crippen molar-refractivity contribution in [3.05, 3.63) is 46.9 Å². The molecule has 0 radical (unpaired) electrons. The van der Waals surface area contributed by atoms with Crippen molar-refractivity contribution in [3.63, 3.8) is 0 Å². The van der Waals surface area contributed by atoms with E-state index in [4.69, 9.17) is 0 Å². The van der Waals surface area contributed by atoms with Crippen molar-refractivity contribution in [2.24, 2.45) is 0 Å². The molecule has 104 valence electrons. The maximum atomic E-state index is 12.7. The molecule has 0 aliphatic carbocycles. The van der Waals surface area contributed by atoms with Crippen molar-refractivity contribution in [2.45, 2.75) is 18.8 Å². The summed E-state index contributed by atoms with van der Waals surface area (Å²) in [6.45, 7) is -0.0276. The van der Waals surface area contributed by atoms with Crippen LogP contribution in [0.15, 0.2) is 35.7 Å². The van der Waals surface area contributed by atoms with Gasteiger partial charge in [0.15, 0.2) is 9.84 Å². The molecule has 1 aliphatic rings. The molecule has 0 bridgehead atoms. The molecule has 2 rings (SSSR count). The van der Waals surface area contributed by atoms with Gasteiger partial charge in [-0.3, -0.25) is 0 Å². The van der Waals surface area contributed by atoms with Gasteiger partial charge < -0.3 is 5.32 Å². The number of rotatable bonds is 3. The van der Waals surface area contributed by atoms with Gasteiger partial charge in [0.1, 0.15) is 0 Å². The standard InChI is InChI=1S/C12H12F3NO2S/c13-12(14,15)11-4-2-1-3-9(11)7-16-10-5-6-19(17,18)8-10/h1-6,10,16H,7-8H2. The monoisotopic (exact) mass is 291 g/mol. The molecule has 0 aromatic heterocycles. The van der Waals surface area contributed by atoms with Crippen molar-refractivity contribution >= 4 is 9.84 Å². The minimum Gasteiger partial charge on any atom is -0.305 e. The number of sulfone groups is 1. The second-order valence-electron chi connectivity index (χ2n) is 4.30. The Morgan fingerprint density at radius 1 is 1.26 bits per heavy atom. The molecular formula is C12H12F3NO2S. The van der Waals surface area contributed by atoms with E-state index in [0.717, 1.165) is 11.5 Å². The van der Waals surface area contributed by atoms with E-state index in [1.165, 1.54) is 24.3 Å². The number of hydrogen-bond donors (Lipinski definition) is 1. The fraction of sp³-hybridized carbons (Fsp3) is 0.333. The van der Waals surface area contributed by atoms with Gasteiger partial charge in [-0.2, -0.15) is 13.2 Å². The largest absolute Gasteiger partial charge is 0.416 e. The molecule has 0 saturated heterocycles. The molecule has 0 saturated carbocycles. The summed E-state index contributed by atoms with van der Waals surface area (Å²) >= 11 is 0. The molecule has 1 aromatic rings. The molecule has 7 heteroatoms. The van der Waals surface area contributed by atoms with E-state index in [-0.39, 0.29) is 17.9 Å². The first-order chi connectivity index (χ1) is 8.78. The van der Waals surface area contributed by atoms with E-state index in [9.17, 15) is 21.6 Å². The summed E-state index contributed by atoms with van der Waals surface area (Å²) in [6, 6.07) is 4.80. The summed E-state index contributed by atoms with van der Waals surface area (Å²) in [5, 5.41) is 3.88. The Morgan fingerprint density at radius 2 is 1.95 bits per heavy atom. The quantitative estimate of drug-likeness (QED) is 0.927. The first-order valence-corrected chi connectivity index (χ1v) is 7.29. The molecule has 0 fully saturated rings. The predicted molar refractivity (Wildman–Crippen MR) is 65.0 cm³/mol. The second kappa shape index (κ2) is 4.97. The van der Waals surface area contributed by atoms with E-state index in [1.807, 2.05) is 0 Å². The fourth-order valence-corrected chi connectivity index (χ4v) is 3.16. The lowest BCUT2D eigenvalue weighted by atomic mass is 10.1. The van der Waals surface area contributed by atoms with Crippen molar-refractivity contribution in [3.8, 4) is 0 Å². The van der Waals surface area contributed by atoms with Crippen molar-refractivity contribution < 1.29 is 21.6 Å². The zero-order valence-corrected chi connectivity index (χ0v) is 10.6. The molecular weight excluding hydrogens is 279 g/mol. The molecule has 3 nitrogen and oxygen atoms in total. The third kappa shape index (κ3) is 3.57. The number of hydrogen-bond acceptors (Lipinski definition) is 3. The highest BCUT2D eigenvalue weighted by molar-refractivity contribution is 7.94. The van der Waals surface area contributed by atoms with Crippen LogP contribution in [0.3, 0.4) is 0 Å². The highest BCUT2D eigenvalue weighted by atomic mass is 32.2. The highest BCUT2D eigenvalue weighted by Gasteiger charge is 2.33. The summed E-state index contributed by atoms with van der Waals surface area (Å²) < 4.78 is 60.5. The molecule has 0 spiro atoms. The first-order valence-electron chi connectivity index (χ1n) is 5.57. The molecule has 1 aromatic carbocycles. The molecule has 1 aliphatic heterocycles. The smallest absolute Gasteiger partial charge is 0.305 e. The van der Waals surface area contributed by atoms with Gasteiger partial charge in [-0.1, -0.05) is 24.3 Å². The van der Waals surface area contributed by atoms with Crippen LogP contribution in [-0.2, 0) is 22.6 Å². The van der Waals surface area contributed by atoms with E-state index >= 15 is 0 Å². The lowest BCUT2D eigenvalue weighted by Gasteiger charge is -2.15. The lowest BCUT2D eigenvalue weighted by molar-refractivity contribution is -0.138. The van der Waals surface area contributed by atoms with E-state index < -0.39 is 27.6 Å². The summed E-state index contributed by atoms with van der Waals surface area (Å²) in [5.74, 6) is -0.110. The van der Waals surface area contributed by atoms with Gasteiger partial charge in [0.2, 0.25) is 0 Å². The minimum atomic E-state index is -4.41. The van der Waals surface area contributed by atoms with Crippen LogP contribution in [0.2, 0.25) is 0 Å². The molecule has 1 atom stereocenters. The van der Waals surface area contributed by atoms with Crippen molar-refractivity contribution in [1.82, 2.24) is 5.32 Å².